The fraction of sp³-hybridized carbons (Fsp3) is 0.429. The Morgan fingerprint density at radius 2 is 2.18 bits per heavy atom. The van der Waals surface area contributed by atoms with Crippen LogP contribution in [0.25, 0.3) is 10.9 Å². The van der Waals surface area contributed by atoms with Crippen LogP contribution in [0.4, 0.5) is 0 Å². The van der Waals surface area contributed by atoms with Crippen molar-refractivity contribution in [2.24, 2.45) is 5.73 Å². The molecule has 1 fully saturated rings. The third-order valence-corrected chi connectivity index (χ3v) is 3.51. The number of nitrogens with two attached hydrogens (primary N) is 1. The van der Waals surface area contributed by atoms with E-state index in [-0.39, 0.29) is 0 Å². The largest absolute Gasteiger partial charge is 0.507 e. The second-order valence-corrected chi connectivity index (χ2v) is 4.86. The molecule has 0 radical (unpaired) electrons. The van der Waals surface area contributed by atoms with Gasteiger partial charge in [-0.3, -0.25) is 0 Å². The van der Waals surface area contributed by atoms with Crippen molar-refractivity contribution in [3.63, 3.8) is 0 Å². The summed E-state index contributed by atoms with van der Waals surface area (Å²) in [5.41, 5.74) is 7.97. The van der Waals surface area contributed by atoms with Crippen LogP contribution in [-0.4, -0.2) is 16.2 Å². The molecule has 0 bridgehead atoms. The standard InChI is InChI=1S/C14H18N2O/c15-8-2-3-10-9-16(11-6-7-11)12-4-1-5-13(17)14(10)12/h1,4-5,9,11,17H,2-3,6-8,15H2. The number of benzene rings is 1. The van der Waals surface area contributed by atoms with Crippen LogP contribution in [0.5, 0.6) is 5.75 Å². The van der Waals surface area contributed by atoms with E-state index in [9.17, 15) is 5.11 Å². The number of phenolic OH excluding ortho intramolecular Hbond substituents is 1. The van der Waals surface area contributed by atoms with Gasteiger partial charge in [-0.15, -0.1) is 0 Å². The maximum absolute atomic E-state index is 10.0. The lowest BCUT2D eigenvalue weighted by Crippen LogP contribution is -2.00. The minimum atomic E-state index is 0.397. The fourth-order valence-corrected chi connectivity index (χ4v) is 2.51. The predicted molar refractivity (Wildman–Crippen MR) is 69.2 cm³/mol. The van der Waals surface area contributed by atoms with Crippen LogP contribution in [0, 0.1) is 0 Å². The molecule has 1 heterocycles. The number of aromatic hydroxyl groups is 1. The van der Waals surface area contributed by atoms with E-state index < -0.39 is 0 Å². The van der Waals surface area contributed by atoms with Crippen molar-refractivity contribution >= 4 is 10.9 Å². The minimum Gasteiger partial charge on any atom is -0.507 e. The first kappa shape index (κ1) is 10.7. The van der Waals surface area contributed by atoms with Crippen molar-refractivity contribution in [1.82, 2.24) is 4.57 Å². The summed E-state index contributed by atoms with van der Waals surface area (Å²) in [4.78, 5) is 0. The van der Waals surface area contributed by atoms with Gasteiger partial charge in [0.25, 0.3) is 0 Å². The first-order valence-corrected chi connectivity index (χ1v) is 6.32. The molecule has 1 aromatic heterocycles. The highest BCUT2D eigenvalue weighted by molar-refractivity contribution is 5.90. The highest BCUT2D eigenvalue weighted by Gasteiger charge is 2.26. The molecule has 3 nitrogen and oxygen atoms in total. The molecule has 0 atom stereocenters. The fourth-order valence-electron chi connectivity index (χ4n) is 2.51. The first-order valence-electron chi connectivity index (χ1n) is 6.32. The molecular formula is C14H18N2O. The zero-order valence-electron chi connectivity index (χ0n) is 9.89. The Morgan fingerprint density at radius 3 is 2.88 bits per heavy atom. The van der Waals surface area contributed by atoms with Gasteiger partial charge in [0, 0.05) is 17.6 Å². The van der Waals surface area contributed by atoms with Crippen molar-refractivity contribution in [2.75, 3.05) is 6.54 Å². The highest BCUT2D eigenvalue weighted by atomic mass is 16.3. The second-order valence-electron chi connectivity index (χ2n) is 4.86. The summed E-state index contributed by atoms with van der Waals surface area (Å²) in [6.07, 6.45) is 6.64. The van der Waals surface area contributed by atoms with Gasteiger partial charge >= 0.3 is 0 Å². The van der Waals surface area contributed by atoms with E-state index >= 15 is 0 Å². The number of hydrogen-bond donors (Lipinski definition) is 2. The lowest BCUT2D eigenvalue weighted by molar-refractivity contribution is 0.481. The van der Waals surface area contributed by atoms with Gasteiger partial charge in [0.15, 0.2) is 0 Å². The van der Waals surface area contributed by atoms with E-state index in [0.29, 0.717) is 18.3 Å². The molecule has 1 aliphatic carbocycles. The summed E-state index contributed by atoms with van der Waals surface area (Å²) in [5, 5.41) is 11.0. The molecule has 3 N–H and O–H groups in total. The maximum Gasteiger partial charge on any atom is 0.125 e. The molecule has 1 saturated carbocycles. The van der Waals surface area contributed by atoms with Gasteiger partial charge in [0.2, 0.25) is 0 Å². The molecular weight excluding hydrogens is 212 g/mol. The normalized spacial score (nSPS) is 15.6. The van der Waals surface area contributed by atoms with Crippen molar-refractivity contribution in [1.29, 1.82) is 0 Å². The van der Waals surface area contributed by atoms with Gasteiger partial charge in [-0.2, -0.15) is 0 Å². The SMILES string of the molecule is NCCCc1cn(C2CC2)c2cccc(O)c12. The van der Waals surface area contributed by atoms with E-state index in [0.717, 1.165) is 18.2 Å². The number of aromatic nitrogens is 1. The van der Waals surface area contributed by atoms with Gasteiger partial charge in [-0.1, -0.05) is 6.07 Å². The van der Waals surface area contributed by atoms with Crippen LogP contribution in [0.3, 0.4) is 0 Å². The molecule has 17 heavy (non-hydrogen) atoms. The maximum atomic E-state index is 10.0. The minimum absolute atomic E-state index is 0.397. The molecule has 3 rings (SSSR count). The summed E-state index contributed by atoms with van der Waals surface area (Å²) in [7, 11) is 0. The smallest absolute Gasteiger partial charge is 0.125 e. The number of hydrogen-bond acceptors (Lipinski definition) is 2. The molecule has 0 spiro atoms. The van der Waals surface area contributed by atoms with Crippen LogP contribution in [-0.2, 0) is 6.42 Å². The lowest BCUT2D eigenvalue weighted by Gasteiger charge is -2.02. The zero-order valence-corrected chi connectivity index (χ0v) is 9.89. The molecule has 0 amide bonds. The summed E-state index contributed by atoms with van der Waals surface area (Å²) in [5.74, 6) is 0.397. The van der Waals surface area contributed by atoms with Crippen LogP contribution in [0.2, 0.25) is 0 Å². The van der Waals surface area contributed by atoms with E-state index in [1.807, 2.05) is 6.07 Å². The number of nitrogens with zero attached hydrogens (tertiary/aromatic N) is 1. The van der Waals surface area contributed by atoms with Crippen molar-refractivity contribution in [2.45, 2.75) is 31.7 Å². The van der Waals surface area contributed by atoms with Gasteiger partial charge in [-0.25, -0.2) is 0 Å². The zero-order chi connectivity index (χ0) is 11.8. The Morgan fingerprint density at radius 1 is 1.35 bits per heavy atom. The monoisotopic (exact) mass is 230 g/mol. The lowest BCUT2D eigenvalue weighted by atomic mass is 10.1. The second kappa shape index (κ2) is 4.08. The van der Waals surface area contributed by atoms with E-state index in [1.165, 1.54) is 23.9 Å². The molecule has 0 unspecified atom stereocenters. The Hall–Kier alpha value is -1.48. The molecule has 1 aromatic carbocycles. The quantitative estimate of drug-likeness (QED) is 0.848. The van der Waals surface area contributed by atoms with E-state index in [2.05, 4.69) is 16.8 Å². The summed E-state index contributed by atoms with van der Waals surface area (Å²) >= 11 is 0. The van der Waals surface area contributed by atoms with Crippen molar-refractivity contribution in [3.8, 4) is 5.75 Å². The average molecular weight is 230 g/mol. The highest BCUT2D eigenvalue weighted by Crippen LogP contribution is 2.41. The number of fused-ring (bicyclic) bond motifs is 1. The van der Waals surface area contributed by atoms with Gasteiger partial charge in [0.05, 0.1) is 5.52 Å². The third-order valence-electron chi connectivity index (χ3n) is 3.51. The molecule has 0 saturated heterocycles. The Bertz CT molecular complexity index is 540. The summed E-state index contributed by atoms with van der Waals surface area (Å²) in [6.45, 7) is 0.698. The molecule has 0 aliphatic heterocycles. The first-order chi connectivity index (χ1) is 8.31. The van der Waals surface area contributed by atoms with E-state index in [4.69, 9.17) is 5.73 Å². The summed E-state index contributed by atoms with van der Waals surface area (Å²) < 4.78 is 2.32. The van der Waals surface area contributed by atoms with Crippen LogP contribution in [0.15, 0.2) is 24.4 Å². The van der Waals surface area contributed by atoms with Gasteiger partial charge in [-0.05, 0) is 49.9 Å². The molecule has 3 heteroatoms. The average Bonchev–Trinajstić information content (AvgIpc) is 3.10. The Labute approximate surface area is 101 Å². The van der Waals surface area contributed by atoms with E-state index in [1.54, 1.807) is 6.07 Å². The Balaban J connectivity index is 2.13. The molecule has 90 valence electrons. The van der Waals surface area contributed by atoms with Gasteiger partial charge < -0.3 is 15.4 Å². The third kappa shape index (κ3) is 1.80. The van der Waals surface area contributed by atoms with Gasteiger partial charge in [0.1, 0.15) is 5.75 Å². The molecule has 2 aromatic rings. The number of rotatable bonds is 4. The van der Waals surface area contributed by atoms with Crippen LogP contribution >= 0.6 is 0 Å². The number of aryl methyl sites for hydroxylation is 1. The van der Waals surface area contributed by atoms with Crippen LogP contribution in [0.1, 0.15) is 30.9 Å². The van der Waals surface area contributed by atoms with Crippen molar-refractivity contribution in [3.05, 3.63) is 30.0 Å². The van der Waals surface area contributed by atoms with Crippen LogP contribution < -0.4 is 5.73 Å². The van der Waals surface area contributed by atoms with Crippen molar-refractivity contribution < 1.29 is 5.11 Å². The molecule has 1 aliphatic rings. The summed E-state index contributed by atoms with van der Waals surface area (Å²) in [6, 6.07) is 6.43. The predicted octanol–water partition coefficient (Wildman–Crippen LogP) is 2.57. The number of phenols is 1. The topological polar surface area (TPSA) is 51.2 Å². The Kier molecular flexibility index (Phi) is 2.56.